The van der Waals surface area contributed by atoms with Gasteiger partial charge >= 0.3 is 6.18 Å². The number of halogens is 3. The van der Waals surface area contributed by atoms with Crippen LogP contribution in [0.1, 0.15) is 19.7 Å². The van der Waals surface area contributed by atoms with Gasteiger partial charge in [0.25, 0.3) is 0 Å². The normalized spacial score (nSPS) is 12.0. The van der Waals surface area contributed by atoms with E-state index in [-0.39, 0.29) is 16.6 Å². The summed E-state index contributed by atoms with van der Waals surface area (Å²) in [4.78, 5) is 0. The van der Waals surface area contributed by atoms with E-state index in [1.807, 2.05) is 13.8 Å². The molecule has 0 N–H and O–H groups in total. The van der Waals surface area contributed by atoms with Gasteiger partial charge in [-0.25, -0.2) is 4.68 Å². The van der Waals surface area contributed by atoms with Crippen molar-refractivity contribution in [1.29, 1.82) is 0 Å². The highest BCUT2D eigenvalue weighted by molar-refractivity contribution is 7.71. The highest BCUT2D eigenvalue weighted by atomic mass is 32.1. The van der Waals surface area contributed by atoms with Gasteiger partial charge in [0.1, 0.15) is 5.75 Å². The molecule has 21 heavy (non-hydrogen) atoms. The maximum Gasteiger partial charge on any atom is 0.452 e. The van der Waals surface area contributed by atoms with Gasteiger partial charge in [-0.1, -0.05) is 6.07 Å². The molecule has 0 aliphatic heterocycles. The van der Waals surface area contributed by atoms with Crippen LogP contribution >= 0.6 is 12.2 Å². The number of alkyl halides is 3. The SMILES string of the molecule is CC(C)Oc1cccc(-n2c(C(F)(F)F)nn(C)c2=S)c1. The number of aromatic nitrogens is 3. The van der Waals surface area contributed by atoms with E-state index in [9.17, 15) is 13.2 Å². The molecule has 0 saturated carbocycles. The lowest BCUT2D eigenvalue weighted by Gasteiger charge is -2.13. The van der Waals surface area contributed by atoms with Crippen molar-refractivity contribution in [3.8, 4) is 11.4 Å². The number of nitrogens with zero attached hydrogens (tertiary/aromatic N) is 3. The summed E-state index contributed by atoms with van der Waals surface area (Å²) in [5, 5.41) is 3.46. The fourth-order valence-corrected chi connectivity index (χ4v) is 2.08. The molecule has 1 heterocycles. The number of ether oxygens (including phenoxy) is 1. The Labute approximate surface area is 124 Å². The molecule has 8 heteroatoms. The summed E-state index contributed by atoms with van der Waals surface area (Å²) in [5.74, 6) is -0.585. The first-order valence-corrected chi connectivity index (χ1v) is 6.61. The molecule has 0 unspecified atom stereocenters. The molecule has 0 atom stereocenters. The number of rotatable bonds is 3. The van der Waals surface area contributed by atoms with Gasteiger partial charge in [-0.3, -0.25) is 4.57 Å². The zero-order valence-corrected chi connectivity index (χ0v) is 12.5. The molecular weight excluding hydrogens is 303 g/mol. The lowest BCUT2D eigenvalue weighted by Crippen LogP contribution is -2.14. The van der Waals surface area contributed by atoms with Gasteiger partial charge in [0.2, 0.25) is 10.6 Å². The molecule has 0 aliphatic carbocycles. The summed E-state index contributed by atoms with van der Waals surface area (Å²) in [6.45, 7) is 3.67. The van der Waals surface area contributed by atoms with E-state index in [1.165, 1.54) is 19.2 Å². The smallest absolute Gasteiger partial charge is 0.452 e. The second-order valence-corrected chi connectivity index (χ2v) is 5.09. The Kier molecular flexibility index (Phi) is 4.08. The Morgan fingerprint density at radius 3 is 2.52 bits per heavy atom. The molecule has 4 nitrogen and oxygen atoms in total. The minimum absolute atomic E-state index is 0.0379. The van der Waals surface area contributed by atoms with Gasteiger partial charge in [0.05, 0.1) is 11.8 Å². The summed E-state index contributed by atoms with van der Waals surface area (Å²) >= 11 is 5.02. The van der Waals surface area contributed by atoms with Gasteiger partial charge in [0.15, 0.2) is 0 Å². The fourth-order valence-electron chi connectivity index (χ4n) is 1.85. The molecule has 1 aromatic carbocycles. The maximum absolute atomic E-state index is 13.1. The third-order valence-corrected chi connectivity index (χ3v) is 3.07. The van der Waals surface area contributed by atoms with Gasteiger partial charge in [-0.15, -0.1) is 5.10 Å². The van der Waals surface area contributed by atoms with Crippen LogP contribution in [0.5, 0.6) is 5.75 Å². The molecule has 0 spiro atoms. The van der Waals surface area contributed by atoms with E-state index in [2.05, 4.69) is 5.10 Å². The Balaban J connectivity index is 2.59. The quantitative estimate of drug-likeness (QED) is 0.808. The van der Waals surface area contributed by atoms with Crippen molar-refractivity contribution < 1.29 is 17.9 Å². The van der Waals surface area contributed by atoms with E-state index in [1.54, 1.807) is 12.1 Å². The van der Waals surface area contributed by atoms with Gasteiger partial charge in [-0.2, -0.15) is 13.2 Å². The van der Waals surface area contributed by atoms with Crippen LogP contribution in [-0.4, -0.2) is 20.5 Å². The Hall–Kier alpha value is -1.83. The number of benzene rings is 1. The average molecular weight is 317 g/mol. The van der Waals surface area contributed by atoms with Crippen LogP contribution in [0.15, 0.2) is 24.3 Å². The largest absolute Gasteiger partial charge is 0.491 e. The van der Waals surface area contributed by atoms with Crippen molar-refractivity contribution >= 4 is 12.2 Å². The zero-order valence-electron chi connectivity index (χ0n) is 11.7. The van der Waals surface area contributed by atoms with Crippen LogP contribution in [0.25, 0.3) is 5.69 Å². The monoisotopic (exact) mass is 317 g/mol. The minimum Gasteiger partial charge on any atom is -0.491 e. The predicted molar refractivity (Wildman–Crippen MR) is 74.1 cm³/mol. The maximum atomic E-state index is 13.1. The van der Waals surface area contributed by atoms with Crippen molar-refractivity contribution in [2.45, 2.75) is 26.1 Å². The molecule has 114 valence electrons. The van der Waals surface area contributed by atoms with Crippen molar-refractivity contribution in [1.82, 2.24) is 14.3 Å². The third kappa shape index (κ3) is 3.26. The fraction of sp³-hybridized carbons (Fsp3) is 0.385. The Bertz CT molecular complexity index is 703. The van der Waals surface area contributed by atoms with Gasteiger partial charge < -0.3 is 4.74 Å². The number of aryl methyl sites for hydroxylation is 1. The molecule has 1 aromatic heterocycles. The molecule has 0 bridgehead atoms. The summed E-state index contributed by atoms with van der Waals surface area (Å²) in [7, 11) is 1.38. The molecule has 0 aliphatic rings. The van der Waals surface area contributed by atoms with Crippen molar-refractivity contribution in [3.63, 3.8) is 0 Å². The lowest BCUT2D eigenvalue weighted by molar-refractivity contribution is -0.146. The van der Waals surface area contributed by atoms with Crippen LogP contribution < -0.4 is 4.74 Å². The van der Waals surface area contributed by atoms with Crippen LogP contribution in [-0.2, 0) is 13.2 Å². The molecular formula is C13H14F3N3OS. The topological polar surface area (TPSA) is 32.0 Å². The van der Waals surface area contributed by atoms with Crippen LogP contribution in [0.4, 0.5) is 13.2 Å². The lowest BCUT2D eigenvalue weighted by atomic mass is 10.3. The van der Waals surface area contributed by atoms with Crippen molar-refractivity contribution in [2.75, 3.05) is 0 Å². The molecule has 2 rings (SSSR count). The van der Waals surface area contributed by atoms with E-state index in [4.69, 9.17) is 17.0 Å². The minimum atomic E-state index is -4.59. The first kappa shape index (κ1) is 15.6. The van der Waals surface area contributed by atoms with E-state index in [0.29, 0.717) is 5.75 Å². The van der Waals surface area contributed by atoms with Gasteiger partial charge in [0, 0.05) is 13.1 Å². The first-order chi connectivity index (χ1) is 9.70. The second kappa shape index (κ2) is 5.51. The van der Waals surface area contributed by atoms with Gasteiger partial charge in [-0.05, 0) is 38.2 Å². The van der Waals surface area contributed by atoms with Crippen LogP contribution in [0, 0.1) is 4.77 Å². The molecule has 2 aromatic rings. The van der Waals surface area contributed by atoms with E-state index < -0.39 is 12.0 Å². The first-order valence-electron chi connectivity index (χ1n) is 6.20. The highest BCUT2D eigenvalue weighted by Crippen LogP contribution is 2.30. The average Bonchev–Trinajstić information content (AvgIpc) is 2.65. The molecule has 0 amide bonds. The highest BCUT2D eigenvalue weighted by Gasteiger charge is 2.38. The standard InChI is InChI=1S/C13H14F3N3OS/c1-8(2)20-10-6-4-5-9(7-10)19-11(13(14,15)16)17-18(3)12(19)21/h4-8H,1-3H3. The summed E-state index contributed by atoms with van der Waals surface area (Å²) in [5.41, 5.74) is 0.263. The Morgan fingerprint density at radius 1 is 1.29 bits per heavy atom. The summed E-state index contributed by atoms with van der Waals surface area (Å²) < 4.78 is 46.6. The molecule has 0 saturated heterocycles. The molecule has 0 fully saturated rings. The zero-order chi connectivity index (χ0) is 15.8. The second-order valence-electron chi connectivity index (χ2n) is 4.73. The van der Waals surface area contributed by atoms with Crippen molar-refractivity contribution in [3.05, 3.63) is 34.9 Å². The van der Waals surface area contributed by atoms with Crippen LogP contribution in [0.2, 0.25) is 0 Å². The third-order valence-electron chi connectivity index (χ3n) is 2.63. The van der Waals surface area contributed by atoms with Crippen molar-refractivity contribution in [2.24, 2.45) is 7.05 Å². The number of hydrogen-bond donors (Lipinski definition) is 0. The van der Waals surface area contributed by atoms with E-state index >= 15 is 0 Å². The molecule has 0 radical (unpaired) electrons. The summed E-state index contributed by atoms with van der Waals surface area (Å²) in [6, 6.07) is 6.32. The predicted octanol–water partition coefficient (Wildman–Crippen LogP) is 3.75. The summed E-state index contributed by atoms with van der Waals surface area (Å²) in [6.07, 6.45) is -4.67. The Morgan fingerprint density at radius 2 is 1.95 bits per heavy atom. The van der Waals surface area contributed by atoms with E-state index in [0.717, 1.165) is 9.25 Å². The van der Waals surface area contributed by atoms with Crippen LogP contribution in [0.3, 0.4) is 0 Å². The number of hydrogen-bond acceptors (Lipinski definition) is 3.